The third-order valence-electron chi connectivity index (χ3n) is 4.47. The molecule has 0 bridgehead atoms. The summed E-state index contributed by atoms with van der Waals surface area (Å²) in [6.07, 6.45) is 5.62. The molecule has 1 saturated carbocycles. The second-order valence-corrected chi connectivity index (χ2v) is 5.74. The summed E-state index contributed by atoms with van der Waals surface area (Å²) >= 11 is 0. The Morgan fingerprint density at radius 1 is 1.31 bits per heavy atom. The van der Waals surface area contributed by atoms with Crippen LogP contribution in [-0.4, -0.2) is 48.3 Å². The summed E-state index contributed by atoms with van der Waals surface area (Å²) < 4.78 is 0. The molecule has 0 aromatic rings. The van der Waals surface area contributed by atoms with Crippen molar-refractivity contribution < 1.29 is 5.11 Å². The molecule has 1 heterocycles. The highest BCUT2D eigenvalue weighted by Crippen LogP contribution is 2.31. The Bertz CT molecular complexity index is 226. The molecule has 2 rings (SSSR count). The van der Waals surface area contributed by atoms with Crippen LogP contribution in [0.25, 0.3) is 0 Å². The fourth-order valence-corrected chi connectivity index (χ4v) is 3.42. The van der Waals surface area contributed by atoms with Crippen LogP contribution in [-0.2, 0) is 0 Å². The molecule has 0 aromatic heterocycles. The van der Waals surface area contributed by atoms with Crippen LogP contribution in [0, 0.1) is 5.92 Å². The minimum Gasteiger partial charge on any atom is -0.389 e. The molecule has 0 amide bonds. The Kier molecular flexibility index (Phi) is 3.88. The number of likely N-dealkylation sites (N-methyl/N-ethyl adjacent to an activating group) is 1. The third kappa shape index (κ3) is 2.58. The van der Waals surface area contributed by atoms with Crippen LogP contribution in [0.1, 0.15) is 39.0 Å². The van der Waals surface area contributed by atoms with Crippen molar-refractivity contribution in [1.29, 1.82) is 0 Å². The SMILES string of the molecule is CCC1CNCC1N(C)CC1(O)CCCC1. The van der Waals surface area contributed by atoms with Gasteiger partial charge in [-0.1, -0.05) is 26.2 Å². The van der Waals surface area contributed by atoms with Crippen LogP contribution in [0.15, 0.2) is 0 Å². The van der Waals surface area contributed by atoms with Gasteiger partial charge in [0.25, 0.3) is 0 Å². The van der Waals surface area contributed by atoms with Gasteiger partial charge in [-0.15, -0.1) is 0 Å². The average Bonchev–Trinajstić information content (AvgIpc) is 2.85. The molecule has 0 spiro atoms. The zero-order valence-corrected chi connectivity index (χ0v) is 10.7. The van der Waals surface area contributed by atoms with Crippen LogP contribution in [0.2, 0.25) is 0 Å². The molecule has 0 aromatic carbocycles. The van der Waals surface area contributed by atoms with Crippen LogP contribution < -0.4 is 5.32 Å². The summed E-state index contributed by atoms with van der Waals surface area (Å²) in [7, 11) is 2.18. The lowest BCUT2D eigenvalue weighted by Crippen LogP contribution is -2.46. The Morgan fingerprint density at radius 2 is 2.00 bits per heavy atom. The van der Waals surface area contributed by atoms with Crippen molar-refractivity contribution >= 4 is 0 Å². The first kappa shape index (κ1) is 12.3. The molecular formula is C13H26N2O. The van der Waals surface area contributed by atoms with Gasteiger partial charge >= 0.3 is 0 Å². The predicted molar refractivity (Wildman–Crippen MR) is 66.5 cm³/mol. The van der Waals surface area contributed by atoms with Crippen molar-refractivity contribution in [3.05, 3.63) is 0 Å². The molecule has 94 valence electrons. The number of nitrogens with one attached hydrogen (secondary N) is 1. The van der Waals surface area contributed by atoms with Crippen LogP contribution in [0.5, 0.6) is 0 Å². The molecule has 2 unspecified atom stereocenters. The quantitative estimate of drug-likeness (QED) is 0.756. The topological polar surface area (TPSA) is 35.5 Å². The van der Waals surface area contributed by atoms with E-state index in [2.05, 4.69) is 24.2 Å². The second-order valence-electron chi connectivity index (χ2n) is 5.74. The molecule has 3 heteroatoms. The molecule has 2 aliphatic rings. The Morgan fingerprint density at radius 3 is 2.62 bits per heavy atom. The summed E-state index contributed by atoms with van der Waals surface area (Å²) in [5.41, 5.74) is -0.393. The van der Waals surface area contributed by atoms with Gasteiger partial charge in [0.05, 0.1) is 5.60 Å². The Labute approximate surface area is 99.2 Å². The minimum absolute atomic E-state index is 0.393. The maximum absolute atomic E-state index is 10.4. The van der Waals surface area contributed by atoms with Crippen molar-refractivity contribution in [3.63, 3.8) is 0 Å². The lowest BCUT2D eigenvalue weighted by molar-refractivity contribution is 0.00241. The van der Waals surface area contributed by atoms with E-state index in [-0.39, 0.29) is 0 Å². The monoisotopic (exact) mass is 226 g/mol. The average molecular weight is 226 g/mol. The number of hydrogen-bond donors (Lipinski definition) is 2. The molecule has 1 saturated heterocycles. The number of nitrogens with zero attached hydrogens (tertiary/aromatic N) is 1. The first-order valence-corrected chi connectivity index (χ1v) is 6.78. The minimum atomic E-state index is -0.393. The normalized spacial score (nSPS) is 33.8. The molecule has 16 heavy (non-hydrogen) atoms. The molecular weight excluding hydrogens is 200 g/mol. The highest BCUT2D eigenvalue weighted by Gasteiger charge is 2.36. The maximum atomic E-state index is 10.4. The van der Waals surface area contributed by atoms with Gasteiger partial charge in [-0.25, -0.2) is 0 Å². The highest BCUT2D eigenvalue weighted by molar-refractivity contribution is 4.92. The molecule has 1 aliphatic heterocycles. The van der Waals surface area contributed by atoms with E-state index in [1.165, 1.54) is 19.3 Å². The Hall–Kier alpha value is -0.120. The first-order chi connectivity index (χ1) is 7.64. The fraction of sp³-hybridized carbons (Fsp3) is 1.00. The molecule has 3 nitrogen and oxygen atoms in total. The van der Waals surface area contributed by atoms with Crippen molar-refractivity contribution in [2.75, 3.05) is 26.7 Å². The zero-order chi connectivity index (χ0) is 11.6. The van der Waals surface area contributed by atoms with E-state index >= 15 is 0 Å². The Balaban J connectivity index is 1.89. The summed E-state index contributed by atoms with van der Waals surface area (Å²) in [5.74, 6) is 0.759. The summed E-state index contributed by atoms with van der Waals surface area (Å²) in [6.45, 7) is 5.35. The van der Waals surface area contributed by atoms with Crippen LogP contribution in [0.3, 0.4) is 0 Å². The number of rotatable bonds is 4. The molecule has 2 N–H and O–H groups in total. The van der Waals surface area contributed by atoms with Gasteiger partial charge in [0.15, 0.2) is 0 Å². The van der Waals surface area contributed by atoms with Gasteiger partial charge in [0.2, 0.25) is 0 Å². The second kappa shape index (κ2) is 5.03. The van der Waals surface area contributed by atoms with Gasteiger partial charge in [-0.05, 0) is 32.4 Å². The van der Waals surface area contributed by atoms with E-state index in [9.17, 15) is 5.11 Å². The van der Waals surface area contributed by atoms with Gasteiger partial charge < -0.3 is 10.4 Å². The predicted octanol–water partition coefficient (Wildman–Crippen LogP) is 1.22. The van der Waals surface area contributed by atoms with E-state index in [0.29, 0.717) is 6.04 Å². The summed E-state index contributed by atoms with van der Waals surface area (Å²) in [4.78, 5) is 2.39. The third-order valence-corrected chi connectivity index (χ3v) is 4.47. The van der Waals surface area contributed by atoms with E-state index in [1.807, 2.05) is 0 Å². The van der Waals surface area contributed by atoms with E-state index in [0.717, 1.165) is 38.4 Å². The number of hydrogen-bond acceptors (Lipinski definition) is 3. The first-order valence-electron chi connectivity index (χ1n) is 6.78. The van der Waals surface area contributed by atoms with E-state index in [1.54, 1.807) is 0 Å². The van der Waals surface area contributed by atoms with Crippen molar-refractivity contribution in [2.45, 2.75) is 50.7 Å². The van der Waals surface area contributed by atoms with Gasteiger partial charge in [-0.2, -0.15) is 0 Å². The lowest BCUT2D eigenvalue weighted by Gasteiger charge is -2.34. The maximum Gasteiger partial charge on any atom is 0.0774 e. The van der Waals surface area contributed by atoms with Gasteiger partial charge in [0.1, 0.15) is 0 Å². The fourth-order valence-electron chi connectivity index (χ4n) is 3.42. The van der Waals surface area contributed by atoms with Crippen LogP contribution in [0.4, 0.5) is 0 Å². The summed E-state index contributed by atoms with van der Waals surface area (Å²) in [6, 6.07) is 0.620. The van der Waals surface area contributed by atoms with Gasteiger partial charge in [0, 0.05) is 19.1 Å². The molecule has 2 fully saturated rings. The molecule has 2 atom stereocenters. The summed E-state index contributed by atoms with van der Waals surface area (Å²) in [5, 5.41) is 13.9. The molecule has 1 aliphatic carbocycles. The lowest BCUT2D eigenvalue weighted by atomic mass is 9.96. The largest absolute Gasteiger partial charge is 0.389 e. The van der Waals surface area contributed by atoms with Gasteiger partial charge in [-0.3, -0.25) is 4.90 Å². The standard InChI is InChI=1S/C13H26N2O/c1-3-11-8-14-9-12(11)15(2)10-13(16)6-4-5-7-13/h11-12,14,16H,3-10H2,1-2H3. The van der Waals surface area contributed by atoms with E-state index in [4.69, 9.17) is 0 Å². The van der Waals surface area contributed by atoms with E-state index < -0.39 is 5.60 Å². The van der Waals surface area contributed by atoms with Crippen molar-refractivity contribution in [2.24, 2.45) is 5.92 Å². The smallest absolute Gasteiger partial charge is 0.0774 e. The van der Waals surface area contributed by atoms with Crippen molar-refractivity contribution in [3.8, 4) is 0 Å². The number of aliphatic hydroxyl groups is 1. The zero-order valence-electron chi connectivity index (χ0n) is 10.7. The molecule has 0 radical (unpaired) electrons. The van der Waals surface area contributed by atoms with Crippen molar-refractivity contribution in [1.82, 2.24) is 10.2 Å². The van der Waals surface area contributed by atoms with Crippen LogP contribution >= 0.6 is 0 Å². The highest BCUT2D eigenvalue weighted by atomic mass is 16.3.